The zero-order valence-corrected chi connectivity index (χ0v) is 26.3. The lowest BCUT2D eigenvalue weighted by molar-refractivity contribution is -0.142. The molecule has 0 unspecified atom stereocenters. The number of carbonyl (C=O) groups excluding carboxylic acids is 1. The van der Waals surface area contributed by atoms with E-state index in [0.29, 0.717) is 42.8 Å². The molecular weight excluding hydrogens is 606 g/mol. The van der Waals surface area contributed by atoms with E-state index >= 15 is 4.39 Å². The zero-order valence-electron chi connectivity index (χ0n) is 26.3. The number of carboxylic acids is 1. The van der Waals surface area contributed by atoms with Gasteiger partial charge in [-0.15, -0.1) is 0 Å². The maximum atomic E-state index is 17.1. The van der Waals surface area contributed by atoms with Crippen molar-refractivity contribution in [1.29, 1.82) is 0 Å². The van der Waals surface area contributed by atoms with E-state index in [4.69, 9.17) is 4.74 Å². The fraction of sp³-hybridized carbons (Fsp3) is 0.485. The van der Waals surface area contributed by atoms with Gasteiger partial charge in [-0.3, -0.25) is 19.8 Å². The predicted octanol–water partition coefficient (Wildman–Crippen LogP) is 5.80. The molecule has 1 amide bonds. The van der Waals surface area contributed by atoms with Crippen LogP contribution in [-0.2, 0) is 22.3 Å². The van der Waals surface area contributed by atoms with Crippen LogP contribution >= 0.6 is 0 Å². The lowest BCUT2D eigenvalue weighted by Crippen LogP contribution is -2.47. The largest absolute Gasteiger partial charge is 0.497 e. The summed E-state index contributed by atoms with van der Waals surface area (Å²) in [5.74, 6) is -2.72. The monoisotopic (exact) mass is 645 g/mol. The number of nitrogens with zero attached hydrogens (tertiary/aromatic N) is 4. The van der Waals surface area contributed by atoms with Crippen molar-refractivity contribution in [2.24, 2.45) is 5.92 Å². The number of hydrogen-bond acceptors (Lipinski definition) is 6. The van der Waals surface area contributed by atoms with Gasteiger partial charge in [-0.25, -0.2) is 9.37 Å². The summed E-state index contributed by atoms with van der Waals surface area (Å²) in [6.07, 6.45) is -0.676. The molecule has 3 heterocycles. The van der Waals surface area contributed by atoms with E-state index < -0.39 is 46.7 Å². The maximum absolute atomic E-state index is 17.1. The lowest BCUT2D eigenvalue weighted by atomic mass is 9.85. The minimum absolute atomic E-state index is 0.00658. The number of carboxylic acid groups (broad SMARTS) is 1. The lowest BCUT2D eigenvalue weighted by Gasteiger charge is -2.34. The second-order valence-electron chi connectivity index (χ2n) is 13.0. The molecule has 0 spiro atoms. The SMILES string of the molecule is COc1ccc([C@@H]2CN(C(C)(C)C)C[C@@]2(F)C(=O)Nc2nccn2Cc2ccc(C(F)(F)F)cc2N2CCC[C@@H](C(=O)O)C2)cc1. The molecule has 2 aromatic carbocycles. The Labute approximate surface area is 265 Å². The van der Waals surface area contributed by atoms with Crippen LogP contribution in [0.3, 0.4) is 0 Å². The molecule has 2 aliphatic heterocycles. The van der Waals surface area contributed by atoms with Crippen molar-refractivity contribution in [3.05, 3.63) is 71.5 Å². The van der Waals surface area contributed by atoms with Gasteiger partial charge in [0.05, 0.1) is 25.1 Å². The normalized spacial score (nSPS) is 22.6. The number of benzene rings is 2. The number of piperidine rings is 1. The quantitative estimate of drug-likeness (QED) is 0.299. The molecule has 5 rings (SSSR count). The van der Waals surface area contributed by atoms with Crippen LogP contribution in [-0.4, -0.2) is 75.9 Å². The van der Waals surface area contributed by atoms with Gasteiger partial charge in [0.2, 0.25) is 11.6 Å². The van der Waals surface area contributed by atoms with Crippen LogP contribution in [0.15, 0.2) is 54.9 Å². The van der Waals surface area contributed by atoms with Crippen molar-refractivity contribution in [2.45, 2.75) is 63.5 Å². The number of alkyl halides is 4. The molecule has 3 atom stereocenters. The number of halogens is 4. The number of amides is 1. The first-order chi connectivity index (χ1) is 21.6. The minimum Gasteiger partial charge on any atom is -0.497 e. The highest BCUT2D eigenvalue weighted by Crippen LogP contribution is 2.43. The summed E-state index contributed by atoms with van der Waals surface area (Å²) in [5, 5.41) is 12.2. The van der Waals surface area contributed by atoms with E-state index in [1.54, 1.807) is 35.4 Å². The average molecular weight is 646 g/mol. The third kappa shape index (κ3) is 6.84. The molecule has 46 heavy (non-hydrogen) atoms. The number of anilines is 2. The second-order valence-corrected chi connectivity index (χ2v) is 13.0. The van der Waals surface area contributed by atoms with Crippen molar-refractivity contribution in [3.8, 4) is 5.75 Å². The Morgan fingerprint density at radius 3 is 2.46 bits per heavy atom. The number of aliphatic carboxylic acids is 1. The van der Waals surface area contributed by atoms with Crippen molar-refractivity contribution < 1.29 is 37.0 Å². The van der Waals surface area contributed by atoms with Gasteiger partial charge in [0, 0.05) is 55.7 Å². The minimum atomic E-state index is -4.60. The van der Waals surface area contributed by atoms with Crippen LogP contribution in [0.4, 0.5) is 29.2 Å². The van der Waals surface area contributed by atoms with Gasteiger partial charge in [0.25, 0.3) is 5.91 Å². The Morgan fingerprint density at radius 1 is 1.11 bits per heavy atom. The van der Waals surface area contributed by atoms with Gasteiger partial charge in [-0.05, 0) is 69.0 Å². The van der Waals surface area contributed by atoms with Gasteiger partial charge >= 0.3 is 12.1 Å². The molecule has 3 aromatic rings. The fourth-order valence-electron chi connectivity index (χ4n) is 6.28. The average Bonchev–Trinajstić information content (AvgIpc) is 3.61. The molecule has 0 bridgehead atoms. The zero-order chi connectivity index (χ0) is 33.4. The molecular formula is C33H39F4N5O4. The predicted molar refractivity (Wildman–Crippen MR) is 165 cm³/mol. The first-order valence-corrected chi connectivity index (χ1v) is 15.2. The fourth-order valence-corrected chi connectivity index (χ4v) is 6.28. The molecule has 1 aromatic heterocycles. The molecule has 2 fully saturated rings. The van der Waals surface area contributed by atoms with Crippen molar-refractivity contribution in [1.82, 2.24) is 14.5 Å². The Bertz CT molecular complexity index is 1570. The number of imidazole rings is 1. The summed E-state index contributed by atoms with van der Waals surface area (Å²) in [6.45, 7) is 6.49. The van der Waals surface area contributed by atoms with E-state index in [-0.39, 0.29) is 31.3 Å². The Morgan fingerprint density at radius 2 is 1.83 bits per heavy atom. The molecule has 0 radical (unpaired) electrons. The third-order valence-electron chi connectivity index (χ3n) is 9.03. The summed E-state index contributed by atoms with van der Waals surface area (Å²) >= 11 is 0. The highest BCUT2D eigenvalue weighted by molar-refractivity contribution is 5.97. The van der Waals surface area contributed by atoms with E-state index in [9.17, 15) is 27.9 Å². The van der Waals surface area contributed by atoms with Crippen LogP contribution in [0.5, 0.6) is 5.75 Å². The molecule has 248 valence electrons. The van der Waals surface area contributed by atoms with E-state index in [2.05, 4.69) is 10.3 Å². The Hall–Kier alpha value is -4.13. The molecule has 2 saturated heterocycles. The Balaban J connectivity index is 1.43. The molecule has 0 aliphatic carbocycles. The number of aromatic nitrogens is 2. The first kappa shape index (κ1) is 33.2. The summed E-state index contributed by atoms with van der Waals surface area (Å²) in [7, 11) is 1.54. The third-order valence-corrected chi connectivity index (χ3v) is 9.03. The van der Waals surface area contributed by atoms with Crippen LogP contribution < -0.4 is 15.0 Å². The van der Waals surface area contributed by atoms with Gasteiger partial charge < -0.3 is 19.3 Å². The number of hydrogen-bond donors (Lipinski definition) is 2. The van der Waals surface area contributed by atoms with Gasteiger partial charge in [-0.1, -0.05) is 18.2 Å². The smallest absolute Gasteiger partial charge is 0.416 e. The maximum Gasteiger partial charge on any atom is 0.416 e. The molecule has 2 aliphatic rings. The summed E-state index contributed by atoms with van der Waals surface area (Å²) in [6, 6.07) is 10.3. The summed E-state index contributed by atoms with van der Waals surface area (Å²) < 4.78 is 65.0. The number of likely N-dealkylation sites (tertiary alicyclic amines) is 1. The van der Waals surface area contributed by atoms with Crippen molar-refractivity contribution in [3.63, 3.8) is 0 Å². The number of nitrogens with one attached hydrogen (secondary N) is 1. The van der Waals surface area contributed by atoms with Crippen molar-refractivity contribution >= 4 is 23.5 Å². The van der Waals surface area contributed by atoms with Crippen LogP contribution in [0, 0.1) is 5.92 Å². The standard InChI is InChI=1S/C33H39F4N5O4/c1-31(2,3)42-19-26(21-8-11-25(46-4)12-9-21)32(34,20-42)29(45)39-30-38-13-15-41(30)17-22-7-10-24(33(35,36)37)16-27(22)40-14-5-6-23(18-40)28(43)44/h7-13,15-16,23,26H,5-6,14,17-20H2,1-4H3,(H,43,44)(H,38,39,45)/t23-,26+,32+/m1/s1. The number of rotatable bonds is 8. The van der Waals surface area contributed by atoms with Crippen LogP contribution in [0.2, 0.25) is 0 Å². The highest BCUT2D eigenvalue weighted by Gasteiger charge is 2.55. The van der Waals surface area contributed by atoms with Gasteiger partial charge in [0.1, 0.15) is 5.75 Å². The number of ether oxygens (including phenoxy) is 1. The van der Waals surface area contributed by atoms with Crippen molar-refractivity contribution in [2.75, 3.05) is 43.5 Å². The summed E-state index contributed by atoms with van der Waals surface area (Å²) in [4.78, 5) is 33.3. The highest BCUT2D eigenvalue weighted by atomic mass is 19.4. The molecule has 2 N–H and O–H groups in total. The van der Waals surface area contributed by atoms with Gasteiger partial charge in [-0.2, -0.15) is 13.2 Å². The number of carbonyl (C=O) groups is 2. The summed E-state index contributed by atoms with van der Waals surface area (Å²) in [5.41, 5.74) is -2.22. The van der Waals surface area contributed by atoms with E-state index in [1.807, 2.05) is 25.7 Å². The van der Waals surface area contributed by atoms with E-state index in [0.717, 1.165) is 12.1 Å². The first-order valence-electron chi connectivity index (χ1n) is 15.2. The topological polar surface area (TPSA) is 99.9 Å². The Kier molecular flexibility index (Phi) is 9.09. The van der Waals surface area contributed by atoms with Crippen LogP contribution in [0.25, 0.3) is 0 Å². The molecule has 0 saturated carbocycles. The molecule has 13 heteroatoms. The second kappa shape index (κ2) is 12.6. The van der Waals surface area contributed by atoms with Crippen LogP contribution in [0.1, 0.15) is 56.2 Å². The van der Waals surface area contributed by atoms with Gasteiger partial charge in [0.15, 0.2) is 0 Å². The molecule has 9 nitrogen and oxygen atoms in total. The number of methoxy groups -OCH3 is 1. The van der Waals surface area contributed by atoms with E-state index in [1.165, 1.54) is 23.9 Å².